The molecule has 0 aromatic heterocycles. The Balaban J connectivity index is 1.90. The van der Waals surface area contributed by atoms with Gasteiger partial charge in [-0.2, -0.15) is 0 Å². The average molecular weight is 388 g/mol. The molecule has 0 fully saturated rings. The first-order valence-corrected chi connectivity index (χ1v) is 9.46. The minimum atomic E-state index is -0.420. The highest BCUT2D eigenvalue weighted by Gasteiger charge is 2.26. The quantitative estimate of drug-likeness (QED) is 0.535. The number of aryl methyl sites for hydroxylation is 1. The zero-order valence-corrected chi connectivity index (χ0v) is 16.4. The number of rotatable bonds is 5. The molecular formula is C25H21FO3. The SMILES string of the molecule is COc1ccc(C(=O)C2=C(c3ccc(F)c(OC)c3)CCc3ccccc32)cc1. The number of benzene rings is 3. The number of carbonyl (C=O) groups is 1. The molecule has 0 spiro atoms. The summed E-state index contributed by atoms with van der Waals surface area (Å²) in [5.74, 6) is 0.391. The van der Waals surface area contributed by atoms with E-state index in [4.69, 9.17) is 9.47 Å². The van der Waals surface area contributed by atoms with Crippen LogP contribution in [0.1, 0.15) is 33.5 Å². The van der Waals surface area contributed by atoms with Gasteiger partial charge in [0.05, 0.1) is 14.2 Å². The molecule has 29 heavy (non-hydrogen) atoms. The van der Waals surface area contributed by atoms with Crippen molar-refractivity contribution in [3.63, 3.8) is 0 Å². The molecule has 3 aromatic rings. The van der Waals surface area contributed by atoms with Gasteiger partial charge in [0, 0.05) is 11.1 Å². The molecule has 0 saturated carbocycles. The Morgan fingerprint density at radius 3 is 2.38 bits per heavy atom. The minimum Gasteiger partial charge on any atom is -0.497 e. The Kier molecular flexibility index (Phi) is 5.17. The number of carbonyl (C=O) groups excluding carboxylic acids is 1. The molecule has 3 nitrogen and oxygen atoms in total. The van der Waals surface area contributed by atoms with E-state index < -0.39 is 5.82 Å². The maximum Gasteiger partial charge on any atom is 0.193 e. The molecule has 1 aliphatic rings. The van der Waals surface area contributed by atoms with Crippen molar-refractivity contribution in [3.8, 4) is 11.5 Å². The van der Waals surface area contributed by atoms with E-state index >= 15 is 0 Å². The predicted molar refractivity (Wildman–Crippen MR) is 112 cm³/mol. The van der Waals surface area contributed by atoms with Gasteiger partial charge in [-0.3, -0.25) is 4.79 Å². The maximum atomic E-state index is 13.9. The Morgan fingerprint density at radius 1 is 0.897 bits per heavy atom. The lowest BCUT2D eigenvalue weighted by Gasteiger charge is -2.23. The van der Waals surface area contributed by atoms with E-state index in [-0.39, 0.29) is 11.5 Å². The second-order valence-corrected chi connectivity index (χ2v) is 6.92. The van der Waals surface area contributed by atoms with Crippen molar-refractivity contribution < 1.29 is 18.7 Å². The molecular weight excluding hydrogens is 367 g/mol. The molecule has 0 heterocycles. The number of ketones is 1. The molecule has 1 aliphatic carbocycles. The fraction of sp³-hybridized carbons (Fsp3) is 0.160. The molecule has 146 valence electrons. The van der Waals surface area contributed by atoms with E-state index in [0.29, 0.717) is 23.3 Å². The highest BCUT2D eigenvalue weighted by molar-refractivity contribution is 6.35. The van der Waals surface area contributed by atoms with E-state index in [1.807, 2.05) is 18.2 Å². The van der Waals surface area contributed by atoms with E-state index in [1.165, 1.54) is 13.2 Å². The van der Waals surface area contributed by atoms with E-state index in [9.17, 15) is 9.18 Å². The van der Waals surface area contributed by atoms with Crippen LogP contribution in [-0.2, 0) is 6.42 Å². The van der Waals surface area contributed by atoms with Crippen LogP contribution < -0.4 is 9.47 Å². The lowest BCUT2D eigenvalue weighted by atomic mass is 9.79. The van der Waals surface area contributed by atoms with Crippen LogP contribution in [0.2, 0.25) is 0 Å². The van der Waals surface area contributed by atoms with Crippen LogP contribution in [0.25, 0.3) is 11.1 Å². The average Bonchev–Trinajstić information content (AvgIpc) is 2.78. The standard InChI is InChI=1S/C25H21FO3/c1-28-19-11-7-17(8-12-19)25(27)24-20-6-4-3-5-16(20)9-13-21(24)18-10-14-22(26)23(15-18)29-2/h3-8,10-12,14-15H,9,13H2,1-2H3. The Labute approximate surface area is 169 Å². The normalized spacial score (nSPS) is 13.1. The molecule has 0 aliphatic heterocycles. The van der Waals surface area contributed by atoms with Crippen LogP contribution in [0.5, 0.6) is 11.5 Å². The van der Waals surface area contributed by atoms with Gasteiger partial charge in [0.25, 0.3) is 0 Å². The lowest BCUT2D eigenvalue weighted by Crippen LogP contribution is -2.12. The van der Waals surface area contributed by atoms with Crippen molar-refractivity contribution in [2.75, 3.05) is 14.2 Å². The number of ether oxygens (including phenoxy) is 2. The Bertz CT molecular complexity index is 1100. The summed E-state index contributed by atoms with van der Waals surface area (Å²) in [5, 5.41) is 0. The van der Waals surface area contributed by atoms with Crippen molar-refractivity contribution in [3.05, 3.63) is 94.8 Å². The van der Waals surface area contributed by atoms with Gasteiger partial charge in [0.15, 0.2) is 17.3 Å². The topological polar surface area (TPSA) is 35.5 Å². The summed E-state index contributed by atoms with van der Waals surface area (Å²) in [6.45, 7) is 0. The number of fused-ring (bicyclic) bond motifs is 1. The van der Waals surface area contributed by atoms with Crippen molar-refractivity contribution in [2.24, 2.45) is 0 Å². The first kappa shape index (κ1) is 18.9. The molecule has 4 heteroatoms. The number of allylic oxidation sites excluding steroid dienone is 2. The van der Waals surface area contributed by atoms with Crippen molar-refractivity contribution in [1.29, 1.82) is 0 Å². The highest BCUT2D eigenvalue weighted by atomic mass is 19.1. The zero-order chi connectivity index (χ0) is 20.4. The molecule has 0 atom stereocenters. The Morgan fingerprint density at radius 2 is 1.66 bits per heavy atom. The second-order valence-electron chi connectivity index (χ2n) is 6.92. The van der Waals surface area contributed by atoms with Gasteiger partial charge in [0.2, 0.25) is 0 Å². The monoisotopic (exact) mass is 388 g/mol. The summed E-state index contributed by atoms with van der Waals surface area (Å²) < 4.78 is 24.3. The molecule has 0 saturated heterocycles. The summed E-state index contributed by atoms with van der Waals surface area (Å²) in [4.78, 5) is 13.6. The largest absolute Gasteiger partial charge is 0.497 e. The lowest BCUT2D eigenvalue weighted by molar-refractivity contribution is 0.105. The highest BCUT2D eigenvalue weighted by Crippen LogP contribution is 2.40. The number of halogens is 1. The van der Waals surface area contributed by atoms with Gasteiger partial charge in [-0.05, 0) is 71.5 Å². The van der Waals surface area contributed by atoms with Gasteiger partial charge >= 0.3 is 0 Å². The predicted octanol–water partition coefficient (Wildman–Crippen LogP) is 5.58. The fourth-order valence-electron chi connectivity index (χ4n) is 3.81. The van der Waals surface area contributed by atoms with Crippen LogP contribution >= 0.6 is 0 Å². The number of methoxy groups -OCH3 is 2. The van der Waals surface area contributed by atoms with Crippen LogP contribution in [0.3, 0.4) is 0 Å². The number of Topliss-reactive ketones (excluding diaryl/α,β-unsaturated/α-hetero) is 1. The van der Waals surface area contributed by atoms with Crippen molar-refractivity contribution in [1.82, 2.24) is 0 Å². The first-order valence-electron chi connectivity index (χ1n) is 9.46. The molecule has 3 aromatic carbocycles. The van der Waals surface area contributed by atoms with Crippen LogP contribution in [-0.4, -0.2) is 20.0 Å². The smallest absolute Gasteiger partial charge is 0.193 e. The van der Waals surface area contributed by atoms with Crippen LogP contribution in [0.15, 0.2) is 66.7 Å². The molecule has 0 amide bonds. The molecule has 4 rings (SSSR count). The minimum absolute atomic E-state index is 0.0573. The van der Waals surface area contributed by atoms with Gasteiger partial charge < -0.3 is 9.47 Å². The molecule has 0 bridgehead atoms. The second kappa shape index (κ2) is 7.92. The summed E-state index contributed by atoms with van der Waals surface area (Å²) in [6, 6.07) is 19.8. The summed E-state index contributed by atoms with van der Waals surface area (Å²) in [6.07, 6.45) is 1.52. The molecule has 0 unspecified atom stereocenters. The third-order valence-electron chi connectivity index (χ3n) is 5.31. The maximum absolute atomic E-state index is 13.9. The summed E-state index contributed by atoms with van der Waals surface area (Å²) in [5.41, 5.74) is 5.02. The van der Waals surface area contributed by atoms with E-state index in [0.717, 1.165) is 28.7 Å². The van der Waals surface area contributed by atoms with Crippen molar-refractivity contribution >= 4 is 16.9 Å². The summed E-state index contributed by atoms with van der Waals surface area (Å²) in [7, 11) is 3.03. The zero-order valence-electron chi connectivity index (χ0n) is 16.4. The van der Waals surface area contributed by atoms with Gasteiger partial charge in [-0.25, -0.2) is 4.39 Å². The first-order chi connectivity index (χ1) is 14.1. The van der Waals surface area contributed by atoms with Crippen molar-refractivity contribution in [2.45, 2.75) is 12.8 Å². The molecule has 0 radical (unpaired) electrons. The van der Waals surface area contributed by atoms with Gasteiger partial charge in [0.1, 0.15) is 5.75 Å². The number of hydrogen-bond donors (Lipinski definition) is 0. The fourth-order valence-corrected chi connectivity index (χ4v) is 3.81. The Hall–Kier alpha value is -3.40. The molecule has 0 N–H and O–H groups in total. The summed E-state index contributed by atoms with van der Waals surface area (Å²) >= 11 is 0. The van der Waals surface area contributed by atoms with Crippen LogP contribution in [0.4, 0.5) is 4.39 Å². The van der Waals surface area contributed by atoms with Gasteiger partial charge in [-0.1, -0.05) is 30.3 Å². The number of hydrogen-bond acceptors (Lipinski definition) is 3. The third kappa shape index (κ3) is 3.54. The van der Waals surface area contributed by atoms with E-state index in [1.54, 1.807) is 43.5 Å². The van der Waals surface area contributed by atoms with E-state index in [2.05, 4.69) is 6.07 Å². The third-order valence-corrected chi connectivity index (χ3v) is 5.31. The van der Waals surface area contributed by atoms with Gasteiger partial charge in [-0.15, -0.1) is 0 Å². The van der Waals surface area contributed by atoms with Crippen LogP contribution in [0, 0.1) is 5.82 Å².